The van der Waals surface area contributed by atoms with Gasteiger partial charge in [0.15, 0.2) is 0 Å². The van der Waals surface area contributed by atoms with Gasteiger partial charge in [0.05, 0.1) is 10.3 Å². The molecule has 98 valence electrons. The summed E-state index contributed by atoms with van der Waals surface area (Å²) < 4.78 is 0. The van der Waals surface area contributed by atoms with Crippen LogP contribution in [0.4, 0.5) is 4.79 Å². The zero-order valence-corrected chi connectivity index (χ0v) is 11.7. The summed E-state index contributed by atoms with van der Waals surface area (Å²) in [5.41, 5.74) is 4.95. The lowest BCUT2D eigenvalue weighted by Gasteiger charge is -2.19. The summed E-state index contributed by atoms with van der Waals surface area (Å²) in [6.45, 7) is 3.80. The second-order valence-corrected chi connectivity index (χ2v) is 5.66. The first kappa shape index (κ1) is 14.9. The Kier molecular flexibility index (Phi) is 5.50. The molecule has 0 heterocycles. The summed E-state index contributed by atoms with van der Waals surface area (Å²) in [6.07, 6.45) is 0. The lowest BCUT2D eigenvalue weighted by atomic mass is 10.1. The van der Waals surface area contributed by atoms with Crippen molar-refractivity contribution in [2.45, 2.75) is 24.0 Å². The van der Waals surface area contributed by atoms with Gasteiger partial charge in [-0.2, -0.15) is 0 Å². The quantitative estimate of drug-likeness (QED) is 0.836. The normalized spacial score (nSPS) is 12.2. The number of carbonyl (C=O) groups is 2. The number of urea groups is 1. The zero-order valence-electron chi connectivity index (χ0n) is 10.1. The van der Waals surface area contributed by atoms with Crippen LogP contribution in [-0.4, -0.2) is 17.2 Å². The van der Waals surface area contributed by atoms with E-state index in [0.29, 0.717) is 5.02 Å². The first-order chi connectivity index (χ1) is 8.41. The molecule has 0 bridgehead atoms. The SMILES string of the molecule is CC(C)[C@H](Sc1ccccc1Cl)C(=O)NC(N)=O. The molecular formula is C12H15ClN2O2S. The molecular weight excluding hydrogens is 272 g/mol. The summed E-state index contributed by atoms with van der Waals surface area (Å²) in [6, 6.07) is 6.41. The van der Waals surface area contributed by atoms with Crippen molar-refractivity contribution < 1.29 is 9.59 Å². The molecule has 0 aliphatic rings. The van der Waals surface area contributed by atoms with Crippen molar-refractivity contribution in [1.29, 1.82) is 0 Å². The Labute approximate surface area is 115 Å². The van der Waals surface area contributed by atoms with Gasteiger partial charge in [0.25, 0.3) is 0 Å². The lowest BCUT2D eigenvalue weighted by molar-refractivity contribution is -0.120. The molecule has 0 radical (unpaired) electrons. The third-order valence-electron chi connectivity index (χ3n) is 2.20. The van der Waals surface area contributed by atoms with Crippen LogP contribution in [0.3, 0.4) is 0 Å². The number of hydrogen-bond acceptors (Lipinski definition) is 3. The summed E-state index contributed by atoms with van der Waals surface area (Å²) in [5.74, 6) is -0.354. The van der Waals surface area contributed by atoms with Crippen LogP contribution in [0.5, 0.6) is 0 Å². The van der Waals surface area contributed by atoms with Crippen molar-refractivity contribution in [2.75, 3.05) is 0 Å². The van der Waals surface area contributed by atoms with E-state index in [-0.39, 0.29) is 5.92 Å². The summed E-state index contributed by atoms with van der Waals surface area (Å²) >= 11 is 7.36. The van der Waals surface area contributed by atoms with Gasteiger partial charge in [-0.15, -0.1) is 11.8 Å². The fraction of sp³-hybridized carbons (Fsp3) is 0.333. The zero-order chi connectivity index (χ0) is 13.7. The third kappa shape index (κ3) is 4.23. The Hall–Kier alpha value is -1.20. The Bertz CT molecular complexity index is 451. The average molecular weight is 287 g/mol. The van der Waals surface area contributed by atoms with Crippen molar-refractivity contribution in [1.82, 2.24) is 5.32 Å². The predicted molar refractivity (Wildman–Crippen MR) is 73.7 cm³/mol. The van der Waals surface area contributed by atoms with Crippen LogP contribution in [0.15, 0.2) is 29.2 Å². The van der Waals surface area contributed by atoms with E-state index in [0.717, 1.165) is 4.90 Å². The highest BCUT2D eigenvalue weighted by molar-refractivity contribution is 8.00. The van der Waals surface area contributed by atoms with Crippen LogP contribution in [0.1, 0.15) is 13.8 Å². The number of thioether (sulfide) groups is 1. The van der Waals surface area contributed by atoms with Gasteiger partial charge >= 0.3 is 6.03 Å². The maximum Gasteiger partial charge on any atom is 0.318 e. The maximum atomic E-state index is 11.8. The molecule has 0 aliphatic heterocycles. The summed E-state index contributed by atoms with van der Waals surface area (Å²) in [4.78, 5) is 23.3. The minimum absolute atomic E-state index is 0.0469. The Balaban J connectivity index is 2.84. The number of primary amides is 1. The molecule has 0 spiro atoms. The molecule has 4 nitrogen and oxygen atoms in total. The van der Waals surface area contributed by atoms with E-state index in [1.165, 1.54) is 11.8 Å². The van der Waals surface area contributed by atoms with Gasteiger partial charge in [0, 0.05) is 4.90 Å². The number of hydrogen-bond donors (Lipinski definition) is 2. The highest BCUT2D eigenvalue weighted by Gasteiger charge is 2.25. The summed E-state index contributed by atoms with van der Waals surface area (Å²) in [7, 11) is 0. The van der Waals surface area contributed by atoms with E-state index in [1.807, 2.05) is 32.0 Å². The number of nitrogens with one attached hydrogen (secondary N) is 1. The first-order valence-electron chi connectivity index (χ1n) is 5.43. The van der Waals surface area contributed by atoms with Gasteiger partial charge in [-0.05, 0) is 18.1 Å². The molecule has 0 saturated heterocycles. The van der Waals surface area contributed by atoms with Gasteiger partial charge in [-0.25, -0.2) is 4.79 Å². The van der Waals surface area contributed by atoms with Crippen molar-refractivity contribution in [3.05, 3.63) is 29.3 Å². The third-order valence-corrected chi connectivity index (χ3v) is 4.26. The van der Waals surface area contributed by atoms with Crippen LogP contribution in [0, 0.1) is 5.92 Å². The molecule has 0 fully saturated rings. The van der Waals surface area contributed by atoms with Crippen molar-refractivity contribution in [3.8, 4) is 0 Å². The summed E-state index contributed by atoms with van der Waals surface area (Å²) in [5, 5.41) is 2.26. The average Bonchev–Trinajstić information content (AvgIpc) is 2.26. The molecule has 1 aromatic carbocycles. The van der Waals surface area contributed by atoms with E-state index in [4.69, 9.17) is 17.3 Å². The smallest absolute Gasteiger partial charge is 0.318 e. The molecule has 0 aliphatic carbocycles. The molecule has 18 heavy (non-hydrogen) atoms. The molecule has 1 aromatic rings. The molecule has 6 heteroatoms. The van der Waals surface area contributed by atoms with Gasteiger partial charge in [-0.1, -0.05) is 37.6 Å². The number of nitrogens with two attached hydrogens (primary N) is 1. The Morgan fingerprint density at radius 1 is 1.33 bits per heavy atom. The minimum Gasteiger partial charge on any atom is -0.351 e. The standard InChI is InChI=1S/C12H15ClN2O2S/c1-7(2)10(11(16)15-12(14)17)18-9-6-4-3-5-8(9)13/h3-7,10H,1-2H3,(H3,14,15,16,17)/t10-/m0/s1. The van der Waals surface area contributed by atoms with E-state index in [9.17, 15) is 9.59 Å². The lowest BCUT2D eigenvalue weighted by Crippen LogP contribution is -2.42. The monoisotopic (exact) mass is 286 g/mol. The molecule has 0 unspecified atom stereocenters. The van der Waals surface area contributed by atoms with Gasteiger partial charge < -0.3 is 5.73 Å². The highest BCUT2D eigenvalue weighted by atomic mass is 35.5. The number of rotatable bonds is 4. The van der Waals surface area contributed by atoms with Crippen LogP contribution in [0.25, 0.3) is 0 Å². The van der Waals surface area contributed by atoms with E-state index in [2.05, 4.69) is 5.32 Å². The van der Waals surface area contributed by atoms with Crippen LogP contribution < -0.4 is 11.1 Å². The largest absolute Gasteiger partial charge is 0.351 e. The minimum atomic E-state index is -0.842. The van der Waals surface area contributed by atoms with Gasteiger partial charge in [0.2, 0.25) is 5.91 Å². The topological polar surface area (TPSA) is 72.2 Å². The second kappa shape index (κ2) is 6.66. The van der Waals surface area contributed by atoms with E-state index < -0.39 is 17.2 Å². The number of imide groups is 1. The van der Waals surface area contributed by atoms with E-state index in [1.54, 1.807) is 6.07 Å². The number of halogens is 1. The van der Waals surface area contributed by atoms with Crippen LogP contribution in [-0.2, 0) is 4.79 Å². The van der Waals surface area contributed by atoms with Crippen LogP contribution >= 0.6 is 23.4 Å². The maximum absolute atomic E-state index is 11.8. The molecule has 1 rings (SSSR count). The van der Waals surface area contributed by atoms with E-state index >= 15 is 0 Å². The molecule has 1 atom stereocenters. The van der Waals surface area contributed by atoms with Crippen molar-refractivity contribution >= 4 is 35.3 Å². The number of carbonyl (C=O) groups excluding carboxylic acids is 2. The van der Waals surface area contributed by atoms with Gasteiger partial charge in [0.1, 0.15) is 0 Å². The Morgan fingerprint density at radius 3 is 2.44 bits per heavy atom. The number of amides is 3. The van der Waals surface area contributed by atoms with Crippen molar-refractivity contribution in [2.24, 2.45) is 11.7 Å². The highest BCUT2D eigenvalue weighted by Crippen LogP contribution is 2.33. The predicted octanol–water partition coefficient (Wildman–Crippen LogP) is 2.65. The molecule has 3 amide bonds. The molecule has 0 saturated carbocycles. The fourth-order valence-corrected chi connectivity index (χ4v) is 2.68. The number of benzene rings is 1. The molecule has 0 aromatic heterocycles. The Morgan fingerprint density at radius 2 is 1.94 bits per heavy atom. The van der Waals surface area contributed by atoms with Crippen molar-refractivity contribution in [3.63, 3.8) is 0 Å². The molecule has 3 N–H and O–H groups in total. The van der Waals surface area contributed by atoms with Gasteiger partial charge in [-0.3, -0.25) is 10.1 Å². The second-order valence-electron chi connectivity index (χ2n) is 4.07. The van der Waals surface area contributed by atoms with Crippen LogP contribution in [0.2, 0.25) is 5.02 Å². The fourth-order valence-electron chi connectivity index (χ4n) is 1.36. The first-order valence-corrected chi connectivity index (χ1v) is 6.69.